The van der Waals surface area contributed by atoms with Gasteiger partial charge in [-0.25, -0.2) is 0 Å². The first-order chi connectivity index (χ1) is 22.2. The van der Waals surface area contributed by atoms with E-state index in [1.165, 1.54) is 55.6 Å². The molecule has 46 heavy (non-hydrogen) atoms. The van der Waals surface area contributed by atoms with Crippen molar-refractivity contribution in [2.45, 2.75) is 65.7 Å². The number of carbonyl (C=O) groups is 2. The number of aryl methyl sites for hydroxylation is 2. The van der Waals surface area contributed by atoms with E-state index in [0.29, 0.717) is 18.8 Å². The van der Waals surface area contributed by atoms with Gasteiger partial charge in [0.2, 0.25) is 0 Å². The number of benzene rings is 5. The van der Waals surface area contributed by atoms with Crippen LogP contribution in [0.4, 0.5) is 0 Å². The van der Waals surface area contributed by atoms with Crippen molar-refractivity contribution in [1.82, 2.24) is 0 Å². The lowest BCUT2D eigenvalue weighted by Crippen LogP contribution is -2.02. The van der Waals surface area contributed by atoms with Crippen molar-refractivity contribution < 1.29 is 14.7 Å². The van der Waals surface area contributed by atoms with Crippen LogP contribution in [0.5, 0.6) is 0 Å². The second-order valence-electron chi connectivity index (χ2n) is 12.9. The van der Waals surface area contributed by atoms with Crippen LogP contribution in [0.2, 0.25) is 0 Å². The lowest BCUT2D eigenvalue weighted by atomic mass is 9.86. The molecule has 0 unspecified atom stereocenters. The van der Waals surface area contributed by atoms with Crippen LogP contribution in [0.1, 0.15) is 72.6 Å². The Bertz CT molecular complexity index is 1780. The highest BCUT2D eigenvalue weighted by molar-refractivity contribution is 5.77. The molecule has 5 aromatic rings. The summed E-state index contributed by atoms with van der Waals surface area (Å²) in [7, 11) is 0. The molecular formula is C43H44O3. The van der Waals surface area contributed by atoms with E-state index in [4.69, 9.17) is 0 Å². The number of carboxylic acids is 1. The maximum absolute atomic E-state index is 11.9. The molecule has 0 aromatic heterocycles. The summed E-state index contributed by atoms with van der Waals surface area (Å²) < 4.78 is 0. The third-order valence-corrected chi connectivity index (χ3v) is 8.58. The van der Waals surface area contributed by atoms with Gasteiger partial charge >= 0.3 is 5.97 Å². The fraction of sp³-hybridized carbons (Fsp3) is 0.256. The number of carbonyl (C=O) groups excluding carboxylic acids is 1. The van der Waals surface area contributed by atoms with E-state index in [0.717, 1.165) is 31.2 Å². The van der Waals surface area contributed by atoms with Crippen molar-refractivity contribution in [1.29, 1.82) is 0 Å². The second kappa shape index (κ2) is 15.5. The number of hydrogen-bond donors (Lipinski definition) is 1. The fourth-order valence-corrected chi connectivity index (χ4v) is 6.28. The van der Waals surface area contributed by atoms with Crippen molar-refractivity contribution in [2.24, 2.45) is 5.92 Å². The highest BCUT2D eigenvalue weighted by atomic mass is 16.4. The zero-order valence-electron chi connectivity index (χ0n) is 27.3. The first kappa shape index (κ1) is 32.6. The predicted octanol–water partition coefficient (Wildman–Crippen LogP) is 9.94. The molecule has 234 valence electrons. The van der Waals surface area contributed by atoms with E-state index in [1.807, 2.05) is 6.07 Å². The van der Waals surface area contributed by atoms with Gasteiger partial charge in [-0.15, -0.1) is 0 Å². The van der Waals surface area contributed by atoms with Crippen molar-refractivity contribution in [3.63, 3.8) is 0 Å². The molecule has 0 aliphatic rings. The van der Waals surface area contributed by atoms with Gasteiger partial charge in [-0.3, -0.25) is 4.79 Å². The number of Topliss-reactive ketones (excluding diaryl/α,β-unsaturated/α-hetero) is 1. The van der Waals surface area contributed by atoms with Gasteiger partial charge in [0, 0.05) is 12.8 Å². The Morgan fingerprint density at radius 1 is 0.565 bits per heavy atom. The molecule has 0 radical (unpaired) electrons. The average Bonchev–Trinajstić information content (AvgIpc) is 3.04. The zero-order chi connectivity index (χ0) is 32.5. The molecule has 0 aliphatic carbocycles. The Morgan fingerprint density at radius 2 is 1.13 bits per heavy atom. The third kappa shape index (κ3) is 8.91. The van der Waals surface area contributed by atoms with E-state index in [1.54, 1.807) is 6.92 Å². The Morgan fingerprint density at radius 3 is 1.74 bits per heavy atom. The molecule has 1 N–H and O–H groups in total. The molecule has 0 saturated carbocycles. The molecule has 0 spiro atoms. The molecule has 0 bridgehead atoms. The molecule has 0 fully saturated rings. The zero-order valence-corrected chi connectivity index (χ0v) is 27.3. The maximum atomic E-state index is 11.9. The first-order valence-electron chi connectivity index (χ1n) is 16.4. The maximum Gasteiger partial charge on any atom is 0.303 e. The van der Waals surface area contributed by atoms with Gasteiger partial charge in [0.15, 0.2) is 0 Å². The van der Waals surface area contributed by atoms with Crippen LogP contribution in [0, 0.1) is 5.92 Å². The molecule has 0 heterocycles. The summed E-state index contributed by atoms with van der Waals surface area (Å²) in [6.45, 7) is 6.12. The van der Waals surface area contributed by atoms with Crippen LogP contribution in [-0.2, 0) is 41.7 Å². The number of ketones is 1. The van der Waals surface area contributed by atoms with Crippen LogP contribution < -0.4 is 0 Å². The summed E-state index contributed by atoms with van der Waals surface area (Å²) in [5, 5.41) is 9.23. The van der Waals surface area contributed by atoms with Gasteiger partial charge in [0.05, 0.1) is 0 Å². The van der Waals surface area contributed by atoms with Crippen LogP contribution >= 0.6 is 0 Å². The number of hydrogen-bond acceptors (Lipinski definition) is 2. The van der Waals surface area contributed by atoms with Crippen LogP contribution in [0.15, 0.2) is 115 Å². The van der Waals surface area contributed by atoms with E-state index in [9.17, 15) is 14.7 Å². The van der Waals surface area contributed by atoms with Gasteiger partial charge in [0.1, 0.15) is 5.78 Å². The normalized spacial score (nSPS) is 11.1. The molecule has 0 amide bonds. The molecule has 0 saturated heterocycles. The van der Waals surface area contributed by atoms with E-state index < -0.39 is 5.97 Å². The molecule has 0 aliphatic heterocycles. The predicted molar refractivity (Wildman–Crippen MR) is 189 cm³/mol. The number of carboxylic acid groups (broad SMARTS) is 1. The average molecular weight is 609 g/mol. The van der Waals surface area contributed by atoms with Gasteiger partial charge in [-0.2, -0.15) is 0 Å². The lowest BCUT2D eigenvalue weighted by molar-refractivity contribution is -0.137. The number of rotatable bonds is 14. The van der Waals surface area contributed by atoms with E-state index in [-0.39, 0.29) is 12.2 Å². The monoisotopic (exact) mass is 608 g/mol. The molecule has 3 nitrogen and oxygen atoms in total. The smallest absolute Gasteiger partial charge is 0.303 e. The fourth-order valence-electron chi connectivity index (χ4n) is 6.28. The number of aliphatic carboxylic acids is 1. The van der Waals surface area contributed by atoms with Crippen molar-refractivity contribution >= 4 is 11.8 Å². The molecule has 5 rings (SSSR count). The topological polar surface area (TPSA) is 54.4 Å². The summed E-state index contributed by atoms with van der Waals surface area (Å²) in [5.74, 6) is -0.0854. The van der Waals surface area contributed by atoms with Crippen LogP contribution in [0.25, 0.3) is 22.3 Å². The summed E-state index contributed by atoms with van der Waals surface area (Å²) in [6.07, 6.45) is 4.51. The minimum atomic E-state index is -0.769. The summed E-state index contributed by atoms with van der Waals surface area (Å²) in [4.78, 5) is 23.1. The highest BCUT2D eigenvalue weighted by Gasteiger charge is 2.15. The minimum Gasteiger partial charge on any atom is -0.481 e. The van der Waals surface area contributed by atoms with Crippen molar-refractivity contribution in [3.05, 3.63) is 154 Å². The van der Waals surface area contributed by atoms with E-state index >= 15 is 0 Å². The summed E-state index contributed by atoms with van der Waals surface area (Å²) in [5.41, 5.74) is 13.4. The van der Waals surface area contributed by atoms with Gasteiger partial charge < -0.3 is 9.90 Å². The largest absolute Gasteiger partial charge is 0.481 e. The lowest BCUT2D eigenvalue weighted by Gasteiger charge is -2.18. The Kier molecular flexibility index (Phi) is 11.0. The van der Waals surface area contributed by atoms with Crippen molar-refractivity contribution in [2.75, 3.05) is 0 Å². The Labute approximate surface area is 274 Å². The minimum absolute atomic E-state index is 0.135. The third-order valence-electron chi connectivity index (χ3n) is 8.58. The van der Waals surface area contributed by atoms with Crippen LogP contribution in [0.3, 0.4) is 0 Å². The second-order valence-corrected chi connectivity index (χ2v) is 12.9. The van der Waals surface area contributed by atoms with E-state index in [2.05, 4.69) is 123 Å². The van der Waals surface area contributed by atoms with Crippen LogP contribution in [-0.4, -0.2) is 16.9 Å². The molecule has 0 atom stereocenters. The Balaban J connectivity index is 1.59. The van der Waals surface area contributed by atoms with Gasteiger partial charge in [-0.1, -0.05) is 129 Å². The highest BCUT2D eigenvalue weighted by Crippen LogP contribution is 2.35. The first-order valence-corrected chi connectivity index (χ1v) is 16.4. The standard InChI is InChI=1S/C43H44O3/c1-30(2)24-39-27-34(16-23-43(45)46)15-21-41(39)37-20-22-42(40(29-37)26-33-12-8-5-9-13-33)36-19-18-35(17-14-31(3)44)38(28-36)25-32-10-6-4-7-11-32/h4-13,15,18-22,27-30H,14,16-17,23-26H2,1-3H3,(H,45,46). The quantitative estimate of drug-likeness (QED) is 0.137. The molecule has 5 aromatic carbocycles. The SMILES string of the molecule is CC(=O)CCc1ccc(-c2ccc(-c3ccc(CCC(=O)O)cc3CC(C)C)cc2Cc2ccccc2)cc1Cc1ccccc1. The van der Waals surface area contributed by atoms with Crippen molar-refractivity contribution in [3.8, 4) is 22.3 Å². The van der Waals surface area contributed by atoms with Gasteiger partial charge in [0.25, 0.3) is 0 Å². The summed E-state index contributed by atoms with van der Waals surface area (Å²) >= 11 is 0. The molecular weight excluding hydrogens is 564 g/mol. The Hall–Kier alpha value is -4.76. The summed E-state index contributed by atoms with van der Waals surface area (Å²) in [6, 6.07) is 41.2. The molecule has 3 heteroatoms. The van der Waals surface area contributed by atoms with Gasteiger partial charge in [-0.05, 0) is 106 Å².